The number of benzene rings is 1. The van der Waals surface area contributed by atoms with Crippen molar-refractivity contribution in [3.8, 4) is 0 Å². The number of alkyl halides is 3. The second kappa shape index (κ2) is 8.61. The maximum Gasteiger partial charge on any atom is 0.519 e. The van der Waals surface area contributed by atoms with Gasteiger partial charge < -0.3 is 15.3 Å². The molecule has 3 rings (SSSR count). The topological polar surface area (TPSA) is 95.4 Å². The van der Waals surface area contributed by atoms with E-state index in [2.05, 4.69) is 15.3 Å². The first-order valence-corrected chi connectivity index (χ1v) is 9.54. The Morgan fingerprint density at radius 1 is 1.33 bits per heavy atom. The average molecular weight is 404 g/mol. The van der Waals surface area contributed by atoms with E-state index in [-0.39, 0.29) is 11.9 Å². The number of carbonyl (C=O) groups is 1. The van der Waals surface area contributed by atoms with Crippen LogP contribution in [0, 0.1) is 0 Å². The summed E-state index contributed by atoms with van der Waals surface area (Å²) >= 11 is 0. The molecule has 148 valence electrons. The zero-order valence-corrected chi connectivity index (χ0v) is 15.5. The van der Waals surface area contributed by atoms with Crippen molar-refractivity contribution < 1.29 is 27.3 Å². The van der Waals surface area contributed by atoms with Crippen LogP contribution in [0.3, 0.4) is 0 Å². The molecule has 1 saturated heterocycles. The number of rotatable bonds is 4. The van der Waals surface area contributed by atoms with Gasteiger partial charge in [-0.05, 0) is 31.5 Å². The van der Waals surface area contributed by atoms with Crippen LogP contribution in [0.4, 0.5) is 19.0 Å². The number of hydrogen-bond donors (Lipinski definition) is 2. The van der Waals surface area contributed by atoms with E-state index in [1.54, 1.807) is 18.4 Å². The molecule has 1 aliphatic heterocycles. The van der Waals surface area contributed by atoms with Crippen LogP contribution in [-0.4, -0.2) is 61.8 Å². The third-order valence-corrected chi connectivity index (χ3v) is 4.75. The van der Waals surface area contributed by atoms with Gasteiger partial charge in [0, 0.05) is 40.4 Å². The van der Waals surface area contributed by atoms with Gasteiger partial charge in [-0.2, -0.15) is 0 Å². The lowest BCUT2D eigenvalue weighted by molar-refractivity contribution is -0.295. The average Bonchev–Trinajstić information content (AvgIpc) is 2.51. The fourth-order valence-electron chi connectivity index (χ4n) is 2.41. The van der Waals surface area contributed by atoms with Crippen molar-refractivity contribution in [1.29, 1.82) is 0 Å². The minimum atomic E-state index is -5.00. The second-order valence-electron chi connectivity index (χ2n) is 5.87. The van der Waals surface area contributed by atoms with E-state index in [4.69, 9.17) is 5.11 Å². The minimum absolute atomic E-state index is 0.0873. The number of nitrogens with one attached hydrogen (secondary N) is 1. The summed E-state index contributed by atoms with van der Waals surface area (Å²) in [4.78, 5) is 23.2. The number of nitrogens with zero attached hydrogens (tertiary/aromatic N) is 3. The smallest absolute Gasteiger partial charge is 0.358 e. The molecule has 1 amide bonds. The van der Waals surface area contributed by atoms with Crippen molar-refractivity contribution in [2.45, 2.75) is 30.6 Å². The molecule has 2 N–H and O–H groups in total. The molecule has 1 aromatic carbocycles. The lowest BCUT2D eigenvalue weighted by Crippen LogP contribution is -2.48. The van der Waals surface area contributed by atoms with Gasteiger partial charge in [0.05, 0.1) is 5.52 Å². The third-order valence-electron chi connectivity index (χ3n) is 3.83. The first kappa shape index (κ1) is 21.0. The number of anilines is 1. The van der Waals surface area contributed by atoms with Gasteiger partial charge in [-0.1, -0.05) is 0 Å². The Labute approximate surface area is 156 Å². The molecule has 7 nitrogen and oxygen atoms in total. The molecular weight excluding hydrogens is 385 g/mol. The molecular formula is C16H19F3N4O3S. The van der Waals surface area contributed by atoms with E-state index in [1.165, 1.54) is 6.33 Å². The lowest BCUT2D eigenvalue weighted by atomic mass is 10.1. The summed E-state index contributed by atoms with van der Waals surface area (Å²) in [5, 5.41) is 10.5. The number of halogens is 3. The maximum atomic E-state index is 12.2. The summed E-state index contributed by atoms with van der Waals surface area (Å²) in [6.45, 7) is 3.51. The minimum Gasteiger partial charge on any atom is -0.358 e. The van der Waals surface area contributed by atoms with Crippen LogP contribution in [-0.2, 0) is 15.6 Å². The van der Waals surface area contributed by atoms with Crippen molar-refractivity contribution in [3.63, 3.8) is 0 Å². The van der Waals surface area contributed by atoms with Crippen molar-refractivity contribution in [1.82, 2.24) is 14.9 Å². The van der Waals surface area contributed by atoms with Crippen LogP contribution >= 0.6 is 0 Å². The van der Waals surface area contributed by atoms with Gasteiger partial charge in [-0.25, -0.2) is 9.97 Å². The maximum absolute atomic E-state index is 12.2. The summed E-state index contributed by atoms with van der Waals surface area (Å²) in [6.07, 6.45) is -0.838. The first-order chi connectivity index (χ1) is 12.6. The summed E-state index contributed by atoms with van der Waals surface area (Å²) in [5.74, 6) is 0.712. The van der Waals surface area contributed by atoms with Crippen molar-refractivity contribution in [3.05, 3.63) is 24.5 Å². The Morgan fingerprint density at radius 3 is 2.48 bits per heavy atom. The van der Waals surface area contributed by atoms with Crippen LogP contribution in [0.1, 0.15) is 13.3 Å². The van der Waals surface area contributed by atoms with Gasteiger partial charge in [-0.3, -0.25) is 9.00 Å². The highest BCUT2D eigenvalue weighted by atomic mass is 32.2. The zero-order valence-electron chi connectivity index (χ0n) is 14.7. The summed E-state index contributed by atoms with van der Waals surface area (Å²) < 4.78 is 41.3. The van der Waals surface area contributed by atoms with Gasteiger partial charge in [0.25, 0.3) is 0 Å². The number of aromatic nitrogens is 2. The first-order valence-electron chi connectivity index (χ1n) is 7.99. The van der Waals surface area contributed by atoms with Gasteiger partial charge in [0.1, 0.15) is 18.2 Å². The van der Waals surface area contributed by atoms with Gasteiger partial charge in [0.2, 0.25) is 5.91 Å². The normalized spacial score (nSPS) is 16.0. The fraction of sp³-hybridized carbons (Fsp3) is 0.438. The number of amides is 1. The molecule has 0 radical (unpaired) electrons. The molecule has 1 aromatic heterocycles. The quantitative estimate of drug-likeness (QED) is 0.808. The van der Waals surface area contributed by atoms with Crippen molar-refractivity contribution in [2.75, 3.05) is 24.7 Å². The highest BCUT2D eigenvalue weighted by molar-refractivity contribution is 7.84. The Morgan fingerprint density at radius 2 is 1.96 bits per heavy atom. The van der Waals surface area contributed by atoms with E-state index in [1.807, 2.05) is 17.9 Å². The Kier molecular flexibility index (Phi) is 6.71. The van der Waals surface area contributed by atoms with Crippen LogP contribution in [0.25, 0.3) is 10.9 Å². The Hall–Kier alpha value is -2.27. The Balaban J connectivity index is 0.000000465. The van der Waals surface area contributed by atoms with E-state index in [0.29, 0.717) is 11.3 Å². The molecule has 0 bridgehead atoms. The highest BCUT2D eigenvalue weighted by Crippen LogP contribution is 2.22. The molecule has 0 aliphatic carbocycles. The predicted octanol–water partition coefficient (Wildman–Crippen LogP) is 1.90. The van der Waals surface area contributed by atoms with E-state index in [9.17, 15) is 22.2 Å². The van der Waals surface area contributed by atoms with Gasteiger partial charge >= 0.3 is 6.36 Å². The van der Waals surface area contributed by atoms with Crippen molar-refractivity contribution >= 4 is 33.4 Å². The molecule has 0 saturated carbocycles. The molecule has 2 aromatic rings. The second-order valence-corrected chi connectivity index (χ2v) is 7.25. The largest absolute Gasteiger partial charge is 0.519 e. The van der Waals surface area contributed by atoms with Crippen LogP contribution < -0.4 is 5.32 Å². The molecule has 1 unspecified atom stereocenters. The molecule has 1 aliphatic rings. The standard InChI is InChI=1S/C15H18N4O2S.CHF3O/c1-10(15(20)19-6-3-7-19)18-14-12-5-4-11(22(2)21)8-13(12)16-9-17-14;2-1(3,4)5/h4-5,8-10H,3,6-7H2,1-2H3,(H,16,17,18);5H/t10-,22?;/m1./s1. The Bertz CT molecular complexity index is 837. The summed E-state index contributed by atoms with van der Waals surface area (Å²) in [5.41, 5.74) is 0.716. The zero-order chi connectivity index (χ0) is 20.2. The SMILES string of the molecule is C[C@@H](Nc1ncnc2cc(S(C)=O)ccc12)C(=O)N1CCC1.OC(F)(F)F. The molecule has 2 atom stereocenters. The fourth-order valence-corrected chi connectivity index (χ4v) is 2.95. The molecule has 0 spiro atoms. The van der Waals surface area contributed by atoms with Crippen LogP contribution in [0.2, 0.25) is 0 Å². The number of aliphatic hydroxyl groups is 1. The van der Waals surface area contributed by atoms with Crippen LogP contribution in [0.15, 0.2) is 29.4 Å². The van der Waals surface area contributed by atoms with E-state index >= 15 is 0 Å². The molecule has 2 heterocycles. The van der Waals surface area contributed by atoms with Gasteiger partial charge in [0.15, 0.2) is 0 Å². The highest BCUT2D eigenvalue weighted by Gasteiger charge is 2.25. The van der Waals surface area contributed by atoms with E-state index in [0.717, 1.165) is 29.8 Å². The monoisotopic (exact) mass is 404 g/mol. The predicted molar refractivity (Wildman–Crippen MR) is 94.4 cm³/mol. The number of fused-ring (bicyclic) bond motifs is 1. The summed E-state index contributed by atoms with van der Waals surface area (Å²) in [7, 11) is -1.05. The number of likely N-dealkylation sites (tertiary alicyclic amines) is 1. The summed E-state index contributed by atoms with van der Waals surface area (Å²) in [6, 6.07) is 5.10. The number of carbonyl (C=O) groups excluding carboxylic acids is 1. The number of hydrogen-bond acceptors (Lipinski definition) is 6. The van der Waals surface area contributed by atoms with Crippen LogP contribution in [0.5, 0.6) is 0 Å². The lowest BCUT2D eigenvalue weighted by Gasteiger charge is -2.33. The molecule has 1 fully saturated rings. The van der Waals surface area contributed by atoms with Gasteiger partial charge in [-0.15, -0.1) is 13.2 Å². The van der Waals surface area contributed by atoms with Crippen molar-refractivity contribution in [2.24, 2.45) is 0 Å². The van der Waals surface area contributed by atoms with E-state index < -0.39 is 17.2 Å². The molecule has 11 heteroatoms. The third kappa shape index (κ3) is 6.14. The molecule has 27 heavy (non-hydrogen) atoms.